The van der Waals surface area contributed by atoms with E-state index in [0.717, 1.165) is 24.2 Å². The molecule has 6 nitrogen and oxygen atoms in total. The standard InChI is InChI=1S/C19H29N3O3/c1-5-18(23)21(12-17-13-24-19(3,4)25-17)11-16-10-14(2)20-22(16)15-8-6-7-9-15/h5,10,15,17H,1,6-9,11-13H2,2-4H3/t17-/m1/s1. The van der Waals surface area contributed by atoms with Crippen LogP contribution in [0.4, 0.5) is 0 Å². The van der Waals surface area contributed by atoms with Crippen LogP contribution in [0.2, 0.25) is 0 Å². The van der Waals surface area contributed by atoms with Gasteiger partial charge in [0.1, 0.15) is 6.10 Å². The van der Waals surface area contributed by atoms with Crippen LogP contribution < -0.4 is 0 Å². The van der Waals surface area contributed by atoms with Crippen LogP contribution in [-0.2, 0) is 20.8 Å². The van der Waals surface area contributed by atoms with Crippen molar-refractivity contribution in [3.63, 3.8) is 0 Å². The van der Waals surface area contributed by atoms with Crippen LogP contribution in [0.1, 0.15) is 57.0 Å². The number of hydrogen-bond acceptors (Lipinski definition) is 4. The Bertz CT molecular complexity index is 632. The van der Waals surface area contributed by atoms with Crippen molar-refractivity contribution < 1.29 is 14.3 Å². The molecule has 1 aliphatic carbocycles. The number of aromatic nitrogens is 2. The number of rotatable bonds is 6. The number of amides is 1. The number of carbonyl (C=O) groups is 1. The Balaban J connectivity index is 1.74. The molecule has 0 N–H and O–H groups in total. The minimum Gasteiger partial charge on any atom is -0.348 e. The molecule has 0 radical (unpaired) electrons. The molecular weight excluding hydrogens is 318 g/mol. The fraction of sp³-hybridized carbons (Fsp3) is 0.684. The van der Waals surface area contributed by atoms with E-state index in [2.05, 4.69) is 22.4 Å². The summed E-state index contributed by atoms with van der Waals surface area (Å²) < 4.78 is 13.6. The van der Waals surface area contributed by atoms with Gasteiger partial charge in [0.05, 0.1) is 30.6 Å². The normalized spacial score (nSPS) is 23.1. The summed E-state index contributed by atoms with van der Waals surface area (Å²) in [7, 11) is 0. The van der Waals surface area contributed by atoms with Crippen molar-refractivity contribution in [3.8, 4) is 0 Å². The zero-order valence-corrected chi connectivity index (χ0v) is 15.5. The van der Waals surface area contributed by atoms with Crippen molar-refractivity contribution >= 4 is 5.91 Å². The van der Waals surface area contributed by atoms with Gasteiger partial charge in [-0.3, -0.25) is 9.48 Å². The smallest absolute Gasteiger partial charge is 0.246 e. The van der Waals surface area contributed by atoms with E-state index in [1.807, 2.05) is 20.8 Å². The molecule has 2 fully saturated rings. The Morgan fingerprint density at radius 1 is 1.48 bits per heavy atom. The van der Waals surface area contributed by atoms with Gasteiger partial charge in [-0.2, -0.15) is 5.10 Å². The van der Waals surface area contributed by atoms with Crippen LogP contribution in [0, 0.1) is 6.92 Å². The largest absolute Gasteiger partial charge is 0.348 e. The van der Waals surface area contributed by atoms with Crippen LogP contribution in [0.25, 0.3) is 0 Å². The van der Waals surface area contributed by atoms with E-state index in [1.54, 1.807) is 4.90 Å². The molecule has 1 amide bonds. The van der Waals surface area contributed by atoms with Crippen LogP contribution >= 0.6 is 0 Å². The van der Waals surface area contributed by atoms with Gasteiger partial charge >= 0.3 is 0 Å². The molecule has 1 aromatic rings. The topological polar surface area (TPSA) is 56.6 Å². The third-order valence-corrected chi connectivity index (χ3v) is 4.94. The van der Waals surface area contributed by atoms with Crippen LogP contribution in [0.15, 0.2) is 18.7 Å². The van der Waals surface area contributed by atoms with E-state index in [0.29, 0.717) is 25.7 Å². The van der Waals surface area contributed by atoms with E-state index >= 15 is 0 Å². The maximum atomic E-state index is 12.4. The highest BCUT2D eigenvalue weighted by Crippen LogP contribution is 2.31. The van der Waals surface area contributed by atoms with Gasteiger partial charge in [0.25, 0.3) is 0 Å². The molecule has 1 aliphatic heterocycles. The van der Waals surface area contributed by atoms with Gasteiger partial charge in [0.15, 0.2) is 5.79 Å². The average molecular weight is 347 g/mol. The summed E-state index contributed by atoms with van der Waals surface area (Å²) in [5.41, 5.74) is 2.08. The number of carbonyl (C=O) groups excluding carboxylic acids is 1. The Morgan fingerprint density at radius 3 is 2.80 bits per heavy atom. The molecule has 0 aromatic carbocycles. The highest BCUT2D eigenvalue weighted by atomic mass is 16.7. The fourth-order valence-electron chi connectivity index (χ4n) is 3.81. The van der Waals surface area contributed by atoms with E-state index in [4.69, 9.17) is 9.47 Å². The molecule has 1 saturated heterocycles. The first-order valence-electron chi connectivity index (χ1n) is 9.16. The van der Waals surface area contributed by atoms with E-state index in [-0.39, 0.29) is 12.0 Å². The van der Waals surface area contributed by atoms with Gasteiger partial charge in [0.2, 0.25) is 5.91 Å². The Hall–Kier alpha value is -1.66. The van der Waals surface area contributed by atoms with Gasteiger partial charge in [-0.1, -0.05) is 19.4 Å². The minimum absolute atomic E-state index is 0.0925. The van der Waals surface area contributed by atoms with Crippen molar-refractivity contribution in [2.24, 2.45) is 0 Å². The van der Waals surface area contributed by atoms with Crippen LogP contribution in [0.3, 0.4) is 0 Å². The van der Waals surface area contributed by atoms with E-state index < -0.39 is 5.79 Å². The summed E-state index contributed by atoms with van der Waals surface area (Å²) in [6.45, 7) is 10.9. The number of hydrogen-bond donors (Lipinski definition) is 0. The zero-order chi connectivity index (χ0) is 18.0. The number of nitrogens with zero attached hydrogens (tertiary/aromatic N) is 3. The number of aryl methyl sites for hydroxylation is 1. The molecule has 0 bridgehead atoms. The maximum absolute atomic E-state index is 12.4. The summed E-state index contributed by atoms with van der Waals surface area (Å²) >= 11 is 0. The third-order valence-electron chi connectivity index (χ3n) is 4.94. The zero-order valence-electron chi connectivity index (χ0n) is 15.5. The molecular formula is C19H29N3O3. The first-order valence-corrected chi connectivity index (χ1v) is 9.16. The van der Waals surface area contributed by atoms with Crippen molar-refractivity contribution in [2.75, 3.05) is 13.2 Å². The highest BCUT2D eigenvalue weighted by molar-refractivity contribution is 5.87. The lowest BCUT2D eigenvalue weighted by atomic mass is 10.2. The molecule has 1 saturated carbocycles. The molecule has 0 spiro atoms. The second-order valence-corrected chi connectivity index (χ2v) is 7.53. The van der Waals surface area contributed by atoms with Gasteiger partial charge in [-0.15, -0.1) is 0 Å². The van der Waals surface area contributed by atoms with Crippen molar-refractivity contribution in [3.05, 3.63) is 30.1 Å². The molecule has 6 heteroatoms. The first kappa shape index (κ1) is 18.1. The van der Waals surface area contributed by atoms with Gasteiger partial charge < -0.3 is 14.4 Å². The van der Waals surface area contributed by atoms with Gasteiger partial charge in [-0.25, -0.2) is 0 Å². The maximum Gasteiger partial charge on any atom is 0.246 e. The van der Waals surface area contributed by atoms with Gasteiger partial charge in [-0.05, 0) is 45.8 Å². The molecule has 3 rings (SSSR count). The lowest BCUT2D eigenvalue weighted by Gasteiger charge is -2.26. The summed E-state index contributed by atoms with van der Waals surface area (Å²) in [5, 5.41) is 4.68. The molecule has 2 aliphatic rings. The van der Waals surface area contributed by atoms with Gasteiger partial charge in [0, 0.05) is 6.54 Å². The molecule has 138 valence electrons. The fourth-order valence-corrected chi connectivity index (χ4v) is 3.81. The summed E-state index contributed by atoms with van der Waals surface area (Å²) in [5.74, 6) is -0.680. The van der Waals surface area contributed by atoms with Crippen molar-refractivity contribution in [1.29, 1.82) is 0 Å². The van der Waals surface area contributed by atoms with Crippen molar-refractivity contribution in [2.45, 2.75) is 70.9 Å². The average Bonchev–Trinajstić information content (AvgIpc) is 3.26. The Kier molecular flexibility index (Phi) is 5.29. The van der Waals surface area contributed by atoms with E-state index in [1.165, 1.54) is 18.9 Å². The Labute approximate surface area is 149 Å². The van der Waals surface area contributed by atoms with Crippen molar-refractivity contribution in [1.82, 2.24) is 14.7 Å². The van der Waals surface area contributed by atoms with Crippen LogP contribution in [-0.4, -0.2) is 45.6 Å². The monoisotopic (exact) mass is 347 g/mol. The molecule has 1 aromatic heterocycles. The Morgan fingerprint density at radius 2 is 2.20 bits per heavy atom. The lowest BCUT2D eigenvalue weighted by Crippen LogP contribution is -2.38. The third kappa shape index (κ3) is 4.30. The summed E-state index contributed by atoms with van der Waals surface area (Å²) in [6, 6.07) is 2.53. The predicted octanol–water partition coefficient (Wildman–Crippen LogP) is 2.97. The highest BCUT2D eigenvalue weighted by Gasteiger charge is 2.34. The number of ether oxygens (including phenoxy) is 2. The molecule has 1 atom stereocenters. The summed E-state index contributed by atoms with van der Waals surface area (Å²) in [6.07, 6.45) is 6.07. The molecule has 25 heavy (non-hydrogen) atoms. The molecule has 0 unspecified atom stereocenters. The second-order valence-electron chi connectivity index (χ2n) is 7.53. The van der Waals surface area contributed by atoms with Crippen LogP contribution in [0.5, 0.6) is 0 Å². The SMILES string of the molecule is C=CC(=O)N(Cc1cc(C)nn1C1CCCC1)C[C@@H]1COC(C)(C)O1. The minimum atomic E-state index is -0.588. The van der Waals surface area contributed by atoms with E-state index in [9.17, 15) is 4.79 Å². The quantitative estimate of drug-likeness (QED) is 0.743. The second kappa shape index (κ2) is 7.30. The lowest BCUT2D eigenvalue weighted by molar-refractivity contribution is -0.145. The predicted molar refractivity (Wildman–Crippen MR) is 95.0 cm³/mol. The summed E-state index contributed by atoms with van der Waals surface area (Å²) in [4.78, 5) is 14.2. The molecule has 2 heterocycles. The first-order chi connectivity index (χ1) is 11.9.